The lowest BCUT2D eigenvalue weighted by molar-refractivity contribution is 0.549. The van der Waals surface area contributed by atoms with Crippen molar-refractivity contribution in [2.24, 2.45) is 0 Å². The Labute approximate surface area is 117 Å². The Kier molecular flexibility index (Phi) is 6.00. The summed E-state index contributed by atoms with van der Waals surface area (Å²) in [4.78, 5) is 0. The molecule has 2 aromatic rings. The molecule has 0 bridgehead atoms. The molecule has 1 heterocycles. The van der Waals surface area contributed by atoms with E-state index in [9.17, 15) is 0 Å². The zero-order valence-corrected chi connectivity index (χ0v) is 12.3. The number of benzene rings is 1. The molecule has 1 heteroatoms. The number of unbranched alkanes of at least 4 members (excludes halogenated alkanes) is 7. The first-order valence-electron chi connectivity index (χ1n) is 7.95. The van der Waals surface area contributed by atoms with Crippen LogP contribution in [0.1, 0.15) is 58.3 Å². The molecule has 0 saturated heterocycles. The molecule has 0 aliphatic heterocycles. The van der Waals surface area contributed by atoms with Crippen LogP contribution in [0.5, 0.6) is 0 Å². The van der Waals surface area contributed by atoms with Gasteiger partial charge in [-0.15, -0.1) is 0 Å². The normalized spacial score (nSPS) is 11.2. The molecule has 0 fully saturated rings. The summed E-state index contributed by atoms with van der Waals surface area (Å²) in [5.41, 5.74) is 1.38. The molecular formula is C18H27N. The molecule has 0 atom stereocenters. The van der Waals surface area contributed by atoms with Crippen LogP contribution in [0.25, 0.3) is 10.9 Å². The summed E-state index contributed by atoms with van der Waals surface area (Å²) in [6, 6.07) is 10.9. The fraction of sp³-hybridized carbons (Fsp3) is 0.556. The zero-order valence-electron chi connectivity index (χ0n) is 12.3. The first-order valence-corrected chi connectivity index (χ1v) is 7.95. The van der Waals surface area contributed by atoms with Gasteiger partial charge in [0.05, 0.1) is 0 Å². The molecule has 19 heavy (non-hydrogen) atoms. The summed E-state index contributed by atoms with van der Waals surface area (Å²) >= 11 is 0. The minimum Gasteiger partial charge on any atom is -0.347 e. The fourth-order valence-electron chi connectivity index (χ4n) is 2.75. The SMILES string of the molecule is CCCCCCCCCCn1ccc2ccccc21. The van der Waals surface area contributed by atoms with Crippen LogP contribution in [-0.2, 0) is 6.54 Å². The highest BCUT2D eigenvalue weighted by molar-refractivity contribution is 5.79. The summed E-state index contributed by atoms with van der Waals surface area (Å²) in [7, 11) is 0. The van der Waals surface area contributed by atoms with E-state index in [2.05, 4.69) is 48.0 Å². The summed E-state index contributed by atoms with van der Waals surface area (Å²) in [6.45, 7) is 3.45. The Morgan fingerprint density at radius 1 is 0.789 bits per heavy atom. The van der Waals surface area contributed by atoms with Gasteiger partial charge in [0, 0.05) is 18.3 Å². The van der Waals surface area contributed by atoms with Gasteiger partial charge in [0.25, 0.3) is 0 Å². The van der Waals surface area contributed by atoms with Crippen LogP contribution in [0.2, 0.25) is 0 Å². The summed E-state index contributed by atoms with van der Waals surface area (Å²) < 4.78 is 2.40. The van der Waals surface area contributed by atoms with E-state index in [1.54, 1.807) is 0 Å². The molecule has 2 rings (SSSR count). The van der Waals surface area contributed by atoms with Gasteiger partial charge in [-0.25, -0.2) is 0 Å². The molecular weight excluding hydrogens is 230 g/mol. The van der Waals surface area contributed by atoms with Crippen molar-refractivity contribution in [2.45, 2.75) is 64.8 Å². The Balaban J connectivity index is 1.63. The lowest BCUT2D eigenvalue weighted by Gasteiger charge is -2.05. The molecule has 104 valence electrons. The van der Waals surface area contributed by atoms with Crippen molar-refractivity contribution in [3.05, 3.63) is 36.5 Å². The number of hydrogen-bond acceptors (Lipinski definition) is 0. The molecule has 1 nitrogen and oxygen atoms in total. The van der Waals surface area contributed by atoms with E-state index in [4.69, 9.17) is 0 Å². The van der Waals surface area contributed by atoms with Crippen molar-refractivity contribution in [3.8, 4) is 0 Å². The first-order chi connectivity index (χ1) is 9.42. The van der Waals surface area contributed by atoms with Gasteiger partial charge in [0.15, 0.2) is 0 Å². The largest absolute Gasteiger partial charge is 0.347 e. The molecule has 1 aromatic heterocycles. The number of rotatable bonds is 9. The van der Waals surface area contributed by atoms with Crippen LogP contribution in [-0.4, -0.2) is 4.57 Å². The number of para-hydroxylation sites is 1. The quantitative estimate of drug-likeness (QED) is 0.502. The molecule has 0 radical (unpaired) electrons. The number of fused-ring (bicyclic) bond motifs is 1. The predicted octanol–water partition coefficient (Wildman–Crippen LogP) is 5.78. The second-order valence-corrected chi connectivity index (χ2v) is 5.54. The Morgan fingerprint density at radius 2 is 1.47 bits per heavy atom. The van der Waals surface area contributed by atoms with Gasteiger partial charge in [-0.1, -0.05) is 70.1 Å². The van der Waals surface area contributed by atoms with Crippen molar-refractivity contribution in [1.82, 2.24) is 4.57 Å². The second-order valence-electron chi connectivity index (χ2n) is 5.54. The van der Waals surface area contributed by atoms with E-state index in [1.165, 1.54) is 68.8 Å². The average molecular weight is 257 g/mol. The fourth-order valence-corrected chi connectivity index (χ4v) is 2.75. The lowest BCUT2D eigenvalue weighted by atomic mass is 10.1. The van der Waals surface area contributed by atoms with Gasteiger partial charge < -0.3 is 4.57 Å². The van der Waals surface area contributed by atoms with Gasteiger partial charge in [-0.05, 0) is 23.9 Å². The Bertz CT molecular complexity index is 469. The van der Waals surface area contributed by atoms with Crippen LogP contribution in [0, 0.1) is 0 Å². The van der Waals surface area contributed by atoms with Crippen LogP contribution in [0.3, 0.4) is 0 Å². The maximum atomic E-state index is 2.40. The molecule has 1 aromatic carbocycles. The minimum atomic E-state index is 1.17. The first kappa shape index (κ1) is 14.2. The van der Waals surface area contributed by atoms with Gasteiger partial charge in [0.1, 0.15) is 0 Å². The van der Waals surface area contributed by atoms with E-state index in [0.29, 0.717) is 0 Å². The van der Waals surface area contributed by atoms with Crippen molar-refractivity contribution in [3.63, 3.8) is 0 Å². The molecule has 0 saturated carbocycles. The minimum absolute atomic E-state index is 1.17. The number of hydrogen-bond donors (Lipinski definition) is 0. The highest BCUT2D eigenvalue weighted by Crippen LogP contribution is 2.16. The lowest BCUT2D eigenvalue weighted by Crippen LogP contribution is -1.95. The van der Waals surface area contributed by atoms with Crippen LogP contribution in [0.15, 0.2) is 36.5 Å². The molecule has 0 aliphatic rings. The standard InChI is InChI=1S/C18H27N/c1-2-3-4-5-6-7-8-11-15-19-16-14-17-12-9-10-13-18(17)19/h9-10,12-14,16H,2-8,11,15H2,1H3. The van der Waals surface area contributed by atoms with E-state index in [1.807, 2.05) is 0 Å². The van der Waals surface area contributed by atoms with E-state index in [0.717, 1.165) is 0 Å². The smallest absolute Gasteiger partial charge is 0.0480 e. The van der Waals surface area contributed by atoms with Crippen LogP contribution >= 0.6 is 0 Å². The van der Waals surface area contributed by atoms with Crippen LogP contribution < -0.4 is 0 Å². The monoisotopic (exact) mass is 257 g/mol. The molecule has 0 aliphatic carbocycles. The number of nitrogens with zero attached hydrogens (tertiary/aromatic N) is 1. The van der Waals surface area contributed by atoms with E-state index < -0.39 is 0 Å². The topological polar surface area (TPSA) is 4.93 Å². The van der Waals surface area contributed by atoms with Gasteiger partial charge in [-0.3, -0.25) is 0 Å². The van der Waals surface area contributed by atoms with Gasteiger partial charge in [-0.2, -0.15) is 0 Å². The second kappa shape index (κ2) is 8.04. The third kappa shape index (κ3) is 4.41. The Hall–Kier alpha value is -1.24. The third-order valence-electron chi connectivity index (χ3n) is 3.93. The third-order valence-corrected chi connectivity index (χ3v) is 3.93. The molecule has 0 N–H and O–H groups in total. The van der Waals surface area contributed by atoms with Crippen molar-refractivity contribution < 1.29 is 0 Å². The van der Waals surface area contributed by atoms with Gasteiger partial charge in [0.2, 0.25) is 0 Å². The van der Waals surface area contributed by atoms with E-state index in [-0.39, 0.29) is 0 Å². The van der Waals surface area contributed by atoms with Crippen molar-refractivity contribution >= 4 is 10.9 Å². The average Bonchev–Trinajstić information content (AvgIpc) is 2.85. The molecule has 0 unspecified atom stereocenters. The highest BCUT2D eigenvalue weighted by Gasteiger charge is 1.99. The van der Waals surface area contributed by atoms with E-state index >= 15 is 0 Å². The van der Waals surface area contributed by atoms with Crippen molar-refractivity contribution in [1.29, 1.82) is 0 Å². The summed E-state index contributed by atoms with van der Waals surface area (Å²) in [6.07, 6.45) is 13.4. The van der Waals surface area contributed by atoms with Crippen LogP contribution in [0.4, 0.5) is 0 Å². The van der Waals surface area contributed by atoms with Crippen molar-refractivity contribution in [2.75, 3.05) is 0 Å². The predicted molar refractivity (Wildman–Crippen MR) is 84.5 cm³/mol. The molecule has 0 amide bonds. The van der Waals surface area contributed by atoms with Gasteiger partial charge >= 0.3 is 0 Å². The number of aromatic nitrogens is 1. The highest BCUT2D eigenvalue weighted by atomic mass is 14.9. The maximum Gasteiger partial charge on any atom is 0.0480 e. The summed E-state index contributed by atoms with van der Waals surface area (Å²) in [5, 5.41) is 1.36. The Morgan fingerprint density at radius 3 is 2.26 bits per heavy atom. The zero-order chi connectivity index (χ0) is 13.3. The maximum absolute atomic E-state index is 2.40. The summed E-state index contributed by atoms with van der Waals surface area (Å²) in [5.74, 6) is 0. The number of aryl methyl sites for hydroxylation is 1. The molecule has 0 spiro atoms.